The van der Waals surface area contributed by atoms with Crippen LogP contribution in [0.15, 0.2) is 0 Å². The molecule has 0 aromatic rings. The first-order chi connectivity index (χ1) is 11.2. The second kappa shape index (κ2) is 9.82. The summed E-state index contributed by atoms with van der Waals surface area (Å²) in [6, 6.07) is 0. The van der Waals surface area contributed by atoms with Crippen molar-refractivity contribution in [2.45, 2.75) is 0 Å². The van der Waals surface area contributed by atoms with Crippen molar-refractivity contribution in [3.63, 3.8) is 0 Å². The Labute approximate surface area is 137 Å². The largest absolute Gasteiger partial charge is 0.383 e. The number of hydrogen-bond donors (Lipinski definition) is 1. The van der Waals surface area contributed by atoms with Crippen molar-refractivity contribution in [1.82, 2.24) is 20.0 Å². The molecular weight excluding hydrogens is 300 g/mol. The lowest BCUT2D eigenvalue weighted by Crippen LogP contribution is -2.53. The number of ether oxygens (including phenoxy) is 2. The molecule has 0 aliphatic carbocycles. The number of amides is 2. The minimum Gasteiger partial charge on any atom is -0.383 e. The summed E-state index contributed by atoms with van der Waals surface area (Å²) in [5.41, 5.74) is 0. The van der Waals surface area contributed by atoms with Crippen LogP contribution in [-0.4, -0.2) is 112 Å². The van der Waals surface area contributed by atoms with Crippen molar-refractivity contribution < 1.29 is 19.1 Å². The molecule has 2 saturated heterocycles. The summed E-state index contributed by atoms with van der Waals surface area (Å²) in [5, 5.41) is 2.83. The number of nitrogens with one attached hydrogen (secondary N) is 1. The monoisotopic (exact) mass is 328 g/mol. The second-order valence-electron chi connectivity index (χ2n) is 5.89. The van der Waals surface area contributed by atoms with Gasteiger partial charge in [0, 0.05) is 52.9 Å². The fourth-order valence-electron chi connectivity index (χ4n) is 2.76. The number of carbonyl (C=O) groups excluding carboxylic acids is 2. The molecule has 2 aliphatic rings. The summed E-state index contributed by atoms with van der Waals surface area (Å²) in [6.45, 7) is 7.89. The summed E-state index contributed by atoms with van der Waals surface area (Å²) >= 11 is 0. The third-order valence-electron chi connectivity index (χ3n) is 4.18. The average Bonchev–Trinajstić information content (AvgIpc) is 2.57. The molecule has 2 aliphatic heterocycles. The van der Waals surface area contributed by atoms with Gasteiger partial charge < -0.3 is 19.7 Å². The zero-order valence-corrected chi connectivity index (χ0v) is 14.0. The van der Waals surface area contributed by atoms with E-state index >= 15 is 0 Å². The van der Waals surface area contributed by atoms with E-state index in [2.05, 4.69) is 15.1 Å². The molecule has 0 aromatic heterocycles. The first-order valence-corrected chi connectivity index (χ1v) is 8.25. The molecule has 0 unspecified atom stereocenters. The highest BCUT2D eigenvalue weighted by atomic mass is 16.5. The number of hydrogen-bond acceptors (Lipinski definition) is 6. The Kier molecular flexibility index (Phi) is 7.73. The Morgan fingerprint density at radius 3 is 2.22 bits per heavy atom. The van der Waals surface area contributed by atoms with Crippen LogP contribution in [0.5, 0.6) is 0 Å². The van der Waals surface area contributed by atoms with Crippen molar-refractivity contribution in [1.29, 1.82) is 0 Å². The quantitative estimate of drug-likeness (QED) is 0.557. The summed E-state index contributed by atoms with van der Waals surface area (Å²) < 4.78 is 10.2. The van der Waals surface area contributed by atoms with Gasteiger partial charge in [0.25, 0.3) is 0 Å². The van der Waals surface area contributed by atoms with Crippen LogP contribution in [0, 0.1) is 0 Å². The van der Waals surface area contributed by atoms with E-state index in [9.17, 15) is 9.59 Å². The first-order valence-electron chi connectivity index (χ1n) is 8.25. The standard InChI is InChI=1S/C15H28N4O4/c1-22-9-2-16-14(20)12-17-3-5-18(6-4-17)13-15(21)19-7-10-23-11-8-19/h2-13H2,1H3,(H,16,20). The van der Waals surface area contributed by atoms with Crippen molar-refractivity contribution in [2.24, 2.45) is 0 Å². The smallest absolute Gasteiger partial charge is 0.236 e. The maximum absolute atomic E-state index is 12.2. The zero-order valence-electron chi connectivity index (χ0n) is 14.0. The Hall–Kier alpha value is -1.22. The normalized spacial score (nSPS) is 20.5. The van der Waals surface area contributed by atoms with Crippen LogP contribution >= 0.6 is 0 Å². The Morgan fingerprint density at radius 2 is 1.61 bits per heavy atom. The number of morpholine rings is 1. The molecule has 0 bridgehead atoms. The van der Waals surface area contributed by atoms with Crippen LogP contribution in [0.1, 0.15) is 0 Å². The predicted molar refractivity (Wildman–Crippen MR) is 85.2 cm³/mol. The van der Waals surface area contributed by atoms with Gasteiger partial charge in [0.2, 0.25) is 11.8 Å². The van der Waals surface area contributed by atoms with Gasteiger partial charge in [-0.1, -0.05) is 0 Å². The predicted octanol–water partition coefficient (Wildman–Crippen LogP) is -1.77. The van der Waals surface area contributed by atoms with Crippen molar-refractivity contribution in [3.8, 4) is 0 Å². The number of piperazine rings is 1. The lowest BCUT2D eigenvalue weighted by Gasteiger charge is -2.35. The third-order valence-corrected chi connectivity index (χ3v) is 4.18. The molecule has 2 amide bonds. The molecular formula is C15H28N4O4. The average molecular weight is 328 g/mol. The van der Waals surface area contributed by atoms with Gasteiger partial charge in [-0.3, -0.25) is 19.4 Å². The highest BCUT2D eigenvalue weighted by Gasteiger charge is 2.23. The maximum atomic E-state index is 12.2. The molecule has 1 N–H and O–H groups in total. The minimum atomic E-state index is 0.0277. The molecule has 0 aromatic carbocycles. The van der Waals surface area contributed by atoms with Crippen LogP contribution in [0.4, 0.5) is 0 Å². The van der Waals surface area contributed by atoms with Gasteiger partial charge in [-0.05, 0) is 0 Å². The third kappa shape index (κ3) is 6.42. The van der Waals surface area contributed by atoms with E-state index < -0.39 is 0 Å². The summed E-state index contributed by atoms with van der Waals surface area (Å²) in [4.78, 5) is 30.1. The lowest BCUT2D eigenvalue weighted by molar-refractivity contribution is -0.137. The highest BCUT2D eigenvalue weighted by molar-refractivity contribution is 5.78. The number of nitrogens with zero attached hydrogens (tertiary/aromatic N) is 3. The van der Waals surface area contributed by atoms with Crippen LogP contribution in [0.2, 0.25) is 0 Å². The number of carbonyl (C=O) groups is 2. The molecule has 0 atom stereocenters. The lowest BCUT2D eigenvalue weighted by atomic mass is 10.3. The van der Waals surface area contributed by atoms with Crippen molar-refractivity contribution >= 4 is 11.8 Å². The second-order valence-corrected chi connectivity index (χ2v) is 5.89. The van der Waals surface area contributed by atoms with E-state index in [0.29, 0.717) is 52.5 Å². The van der Waals surface area contributed by atoms with Crippen LogP contribution in [-0.2, 0) is 19.1 Å². The number of methoxy groups -OCH3 is 1. The minimum absolute atomic E-state index is 0.0277. The highest BCUT2D eigenvalue weighted by Crippen LogP contribution is 2.04. The van der Waals surface area contributed by atoms with Gasteiger partial charge in [0.15, 0.2) is 0 Å². The van der Waals surface area contributed by atoms with E-state index in [4.69, 9.17) is 9.47 Å². The van der Waals surface area contributed by atoms with Crippen molar-refractivity contribution in [2.75, 3.05) is 85.8 Å². The van der Waals surface area contributed by atoms with E-state index in [1.54, 1.807) is 7.11 Å². The van der Waals surface area contributed by atoms with E-state index in [1.165, 1.54) is 0 Å². The van der Waals surface area contributed by atoms with Gasteiger partial charge in [-0.25, -0.2) is 0 Å². The van der Waals surface area contributed by atoms with Gasteiger partial charge in [0.1, 0.15) is 0 Å². The molecule has 132 valence electrons. The van der Waals surface area contributed by atoms with Gasteiger partial charge in [0.05, 0.1) is 32.9 Å². The van der Waals surface area contributed by atoms with E-state index in [1.807, 2.05) is 4.90 Å². The van der Waals surface area contributed by atoms with E-state index in [0.717, 1.165) is 26.2 Å². The fraction of sp³-hybridized carbons (Fsp3) is 0.867. The van der Waals surface area contributed by atoms with E-state index in [-0.39, 0.29) is 11.8 Å². The van der Waals surface area contributed by atoms with Gasteiger partial charge in [-0.15, -0.1) is 0 Å². The first kappa shape index (κ1) is 18.1. The summed E-state index contributed by atoms with van der Waals surface area (Å²) in [6.07, 6.45) is 0. The molecule has 8 nitrogen and oxygen atoms in total. The molecule has 2 fully saturated rings. The number of rotatable bonds is 7. The Bertz CT molecular complexity index is 380. The summed E-state index contributed by atoms with van der Waals surface area (Å²) in [5.74, 6) is 0.207. The van der Waals surface area contributed by atoms with Crippen LogP contribution < -0.4 is 5.32 Å². The topological polar surface area (TPSA) is 74.4 Å². The Balaban J connectivity index is 1.61. The molecule has 8 heteroatoms. The molecule has 0 spiro atoms. The molecule has 23 heavy (non-hydrogen) atoms. The maximum Gasteiger partial charge on any atom is 0.236 e. The van der Waals surface area contributed by atoms with Crippen LogP contribution in [0.3, 0.4) is 0 Å². The van der Waals surface area contributed by atoms with Gasteiger partial charge in [-0.2, -0.15) is 0 Å². The molecule has 0 saturated carbocycles. The van der Waals surface area contributed by atoms with Gasteiger partial charge >= 0.3 is 0 Å². The summed E-state index contributed by atoms with van der Waals surface area (Å²) in [7, 11) is 1.61. The van der Waals surface area contributed by atoms with Crippen molar-refractivity contribution in [3.05, 3.63) is 0 Å². The fourth-order valence-corrected chi connectivity index (χ4v) is 2.76. The molecule has 2 heterocycles. The Morgan fingerprint density at radius 1 is 1.00 bits per heavy atom. The molecule has 0 radical (unpaired) electrons. The molecule has 2 rings (SSSR count). The van der Waals surface area contributed by atoms with Crippen LogP contribution in [0.25, 0.3) is 0 Å². The zero-order chi connectivity index (χ0) is 16.5. The SMILES string of the molecule is COCCNC(=O)CN1CCN(CC(=O)N2CCOCC2)CC1.